The third-order valence-electron chi connectivity index (χ3n) is 5.94. The molecule has 1 unspecified atom stereocenters. The van der Waals surface area contributed by atoms with Crippen LogP contribution in [0.25, 0.3) is 0 Å². The number of rotatable bonds is 10. The van der Waals surface area contributed by atoms with Crippen molar-refractivity contribution < 1.29 is 22.7 Å². The first-order valence-corrected chi connectivity index (χ1v) is 13.0. The molecule has 8 nitrogen and oxygen atoms in total. The van der Waals surface area contributed by atoms with Crippen molar-refractivity contribution >= 4 is 21.8 Å². The Kier molecular flexibility index (Phi) is 8.68. The third kappa shape index (κ3) is 6.15. The molecule has 0 radical (unpaired) electrons. The fourth-order valence-corrected chi connectivity index (χ4v) is 5.02. The van der Waals surface area contributed by atoms with Gasteiger partial charge in [0.25, 0.3) is 0 Å². The SMILES string of the molecule is CCCCN1CCN(C(=O)CCNS(=O)(=O)c2ccc(C)cc2)C(c2cccc(OC)c2)C1=O. The molecule has 1 fully saturated rings. The zero-order chi connectivity index (χ0) is 24.7. The van der Waals surface area contributed by atoms with E-state index < -0.39 is 16.1 Å². The highest BCUT2D eigenvalue weighted by atomic mass is 32.2. The second-order valence-electron chi connectivity index (χ2n) is 8.41. The minimum atomic E-state index is -3.72. The first kappa shape index (κ1) is 25.7. The molecule has 0 spiro atoms. The predicted octanol–water partition coefficient (Wildman–Crippen LogP) is 2.88. The van der Waals surface area contributed by atoms with Crippen LogP contribution in [0, 0.1) is 6.92 Å². The van der Waals surface area contributed by atoms with E-state index in [0.717, 1.165) is 18.4 Å². The summed E-state index contributed by atoms with van der Waals surface area (Å²) in [7, 11) is -2.17. The van der Waals surface area contributed by atoms with Gasteiger partial charge in [0, 0.05) is 32.6 Å². The fraction of sp³-hybridized carbons (Fsp3) is 0.440. The summed E-state index contributed by atoms with van der Waals surface area (Å²) in [6.07, 6.45) is 1.82. The first-order valence-electron chi connectivity index (χ1n) is 11.6. The number of carbonyl (C=O) groups excluding carboxylic acids is 2. The number of nitrogens with one attached hydrogen (secondary N) is 1. The van der Waals surface area contributed by atoms with Crippen molar-refractivity contribution in [1.82, 2.24) is 14.5 Å². The van der Waals surface area contributed by atoms with Crippen LogP contribution in [0.4, 0.5) is 0 Å². The molecule has 1 saturated heterocycles. The highest BCUT2D eigenvalue weighted by Crippen LogP contribution is 2.30. The van der Waals surface area contributed by atoms with E-state index in [1.807, 2.05) is 13.0 Å². The smallest absolute Gasteiger partial charge is 0.250 e. The Morgan fingerprint density at radius 3 is 2.56 bits per heavy atom. The maximum Gasteiger partial charge on any atom is 0.250 e. The van der Waals surface area contributed by atoms with Gasteiger partial charge in [-0.25, -0.2) is 13.1 Å². The van der Waals surface area contributed by atoms with E-state index in [2.05, 4.69) is 11.6 Å². The minimum Gasteiger partial charge on any atom is -0.497 e. The van der Waals surface area contributed by atoms with Gasteiger partial charge in [-0.1, -0.05) is 43.2 Å². The zero-order valence-electron chi connectivity index (χ0n) is 20.0. The highest BCUT2D eigenvalue weighted by Gasteiger charge is 2.38. The molecule has 1 heterocycles. The maximum atomic E-state index is 13.4. The molecule has 1 aliphatic rings. The molecule has 1 atom stereocenters. The van der Waals surface area contributed by atoms with Crippen molar-refractivity contribution in [2.75, 3.05) is 33.3 Å². The Labute approximate surface area is 201 Å². The van der Waals surface area contributed by atoms with Gasteiger partial charge in [0.05, 0.1) is 12.0 Å². The van der Waals surface area contributed by atoms with Gasteiger partial charge < -0.3 is 14.5 Å². The number of methoxy groups -OCH3 is 1. The second kappa shape index (κ2) is 11.5. The Hall–Kier alpha value is -2.91. The van der Waals surface area contributed by atoms with Gasteiger partial charge in [-0.3, -0.25) is 9.59 Å². The lowest BCUT2D eigenvalue weighted by Gasteiger charge is -2.41. The third-order valence-corrected chi connectivity index (χ3v) is 7.42. The topological polar surface area (TPSA) is 96.0 Å². The summed E-state index contributed by atoms with van der Waals surface area (Å²) < 4.78 is 32.9. The summed E-state index contributed by atoms with van der Waals surface area (Å²) in [5, 5.41) is 0. The number of nitrogens with zero attached hydrogens (tertiary/aromatic N) is 2. The van der Waals surface area contributed by atoms with Gasteiger partial charge in [-0.05, 0) is 43.2 Å². The van der Waals surface area contributed by atoms with Crippen LogP contribution in [0.5, 0.6) is 5.75 Å². The monoisotopic (exact) mass is 487 g/mol. The van der Waals surface area contributed by atoms with Crippen LogP contribution >= 0.6 is 0 Å². The van der Waals surface area contributed by atoms with E-state index in [4.69, 9.17) is 4.74 Å². The molecule has 0 aromatic heterocycles. The molecule has 2 amide bonds. The number of amides is 2. The van der Waals surface area contributed by atoms with Crippen LogP contribution in [0.2, 0.25) is 0 Å². The lowest BCUT2D eigenvalue weighted by molar-refractivity contribution is -0.151. The summed E-state index contributed by atoms with van der Waals surface area (Å²) in [5.74, 6) is 0.207. The number of hydrogen-bond acceptors (Lipinski definition) is 5. The van der Waals surface area contributed by atoms with Crippen LogP contribution < -0.4 is 9.46 Å². The molecule has 184 valence electrons. The van der Waals surface area contributed by atoms with Crippen molar-refractivity contribution in [3.8, 4) is 5.75 Å². The number of aryl methyl sites for hydroxylation is 1. The number of piperazine rings is 1. The number of carbonyl (C=O) groups is 2. The Balaban J connectivity index is 1.73. The van der Waals surface area contributed by atoms with Gasteiger partial charge in [-0.15, -0.1) is 0 Å². The van der Waals surface area contributed by atoms with Crippen LogP contribution in [0.1, 0.15) is 43.4 Å². The number of hydrogen-bond donors (Lipinski definition) is 1. The van der Waals surface area contributed by atoms with Crippen LogP contribution in [-0.4, -0.2) is 63.3 Å². The largest absolute Gasteiger partial charge is 0.497 e. The Morgan fingerprint density at radius 1 is 1.15 bits per heavy atom. The van der Waals surface area contributed by atoms with Gasteiger partial charge in [0.2, 0.25) is 21.8 Å². The number of sulfonamides is 1. The van der Waals surface area contributed by atoms with Crippen molar-refractivity contribution in [3.05, 3.63) is 59.7 Å². The quantitative estimate of drug-likeness (QED) is 0.556. The normalized spacial score (nSPS) is 16.6. The van der Waals surface area contributed by atoms with E-state index in [-0.39, 0.29) is 29.7 Å². The van der Waals surface area contributed by atoms with E-state index >= 15 is 0 Å². The average molecular weight is 488 g/mol. The molecule has 1 N–H and O–H groups in total. The average Bonchev–Trinajstić information content (AvgIpc) is 2.83. The molecule has 1 aliphatic heterocycles. The van der Waals surface area contributed by atoms with Crippen LogP contribution in [0.15, 0.2) is 53.4 Å². The molecule has 9 heteroatoms. The molecule has 0 saturated carbocycles. The van der Waals surface area contributed by atoms with Gasteiger partial charge in [0.1, 0.15) is 11.8 Å². The Bertz CT molecular complexity index is 1100. The lowest BCUT2D eigenvalue weighted by Crippen LogP contribution is -2.54. The molecule has 2 aromatic rings. The van der Waals surface area contributed by atoms with Crippen LogP contribution in [0.3, 0.4) is 0 Å². The summed E-state index contributed by atoms with van der Waals surface area (Å²) in [6, 6.07) is 12.9. The van der Waals surface area contributed by atoms with Crippen molar-refractivity contribution in [2.24, 2.45) is 0 Å². The molecule has 0 aliphatic carbocycles. The molecule has 2 aromatic carbocycles. The van der Waals surface area contributed by atoms with E-state index in [0.29, 0.717) is 30.9 Å². The molecule has 0 bridgehead atoms. The van der Waals surface area contributed by atoms with E-state index in [1.165, 1.54) is 12.1 Å². The minimum absolute atomic E-state index is 0.0478. The van der Waals surface area contributed by atoms with Crippen molar-refractivity contribution in [2.45, 2.75) is 44.0 Å². The summed E-state index contributed by atoms with van der Waals surface area (Å²) in [6.45, 7) is 5.39. The number of unbranched alkanes of at least 4 members (excludes halogenated alkanes) is 1. The van der Waals surface area contributed by atoms with Gasteiger partial charge in [-0.2, -0.15) is 0 Å². The molecular weight excluding hydrogens is 454 g/mol. The second-order valence-corrected chi connectivity index (χ2v) is 10.2. The number of ether oxygens (including phenoxy) is 1. The summed E-state index contributed by atoms with van der Waals surface area (Å²) in [5.41, 5.74) is 1.64. The van der Waals surface area contributed by atoms with E-state index in [9.17, 15) is 18.0 Å². The predicted molar refractivity (Wildman–Crippen MR) is 130 cm³/mol. The Morgan fingerprint density at radius 2 is 1.88 bits per heavy atom. The standard InChI is InChI=1S/C25H33N3O5S/c1-4-5-15-27-16-17-28(24(25(27)30)20-7-6-8-21(18-20)33-3)23(29)13-14-26-34(31,32)22-11-9-19(2)10-12-22/h6-12,18,24,26H,4-5,13-17H2,1-3H3. The highest BCUT2D eigenvalue weighted by molar-refractivity contribution is 7.89. The first-order chi connectivity index (χ1) is 16.3. The molecule has 3 rings (SSSR count). The lowest BCUT2D eigenvalue weighted by atomic mass is 10.00. The summed E-state index contributed by atoms with van der Waals surface area (Å²) >= 11 is 0. The zero-order valence-corrected chi connectivity index (χ0v) is 20.8. The summed E-state index contributed by atoms with van der Waals surface area (Å²) in [4.78, 5) is 30.0. The fourth-order valence-electron chi connectivity index (χ4n) is 3.98. The molecular formula is C25H33N3O5S. The van der Waals surface area contributed by atoms with Gasteiger partial charge in [0.15, 0.2) is 0 Å². The van der Waals surface area contributed by atoms with E-state index in [1.54, 1.807) is 47.2 Å². The van der Waals surface area contributed by atoms with Crippen molar-refractivity contribution in [3.63, 3.8) is 0 Å². The van der Waals surface area contributed by atoms with Gasteiger partial charge >= 0.3 is 0 Å². The number of benzene rings is 2. The van der Waals surface area contributed by atoms with Crippen molar-refractivity contribution in [1.29, 1.82) is 0 Å². The molecule has 34 heavy (non-hydrogen) atoms. The van der Waals surface area contributed by atoms with Crippen LogP contribution in [-0.2, 0) is 19.6 Å². The maximum absolute atomic E-state index is 13.4.